The molecular weight excluding hydrogens is 206 g/mol. The van der Waals surface area contributed by atoms with Crippen LogP contribution in [0.1, 0.15) is 37.3 Å². The molecule has 1 aromatic rings. The molecule has 1 aliphatic rings. The molecule has 0 radical (unpaired) electrons. The summed E-state index contributed by atoms with van der Waals surface area (Å²) in [5, 5.41) is 22.2. The Kier molecular flexibility index (Phi) is 2.99. The number of benzene rings is 1. The van der Waals surface area contributed by atoms with Crippen LogP contribution in [0, 0.1) is 0 Å². The van der Waals surface area contributed by atoms with Crippen LogP contribution in [0.3, 0.4) is 0 Å². The van der Waals surface area contributed by atoms with Crippen molar-refractivity contribution in [2.45, 2.75) is 31.7 Å². The second-order valence-corrected chi connectivity index (χ2v) is 4.08. The maximum absolute atomic E-state index is 11.4. The molecule has 4 nitrogen and oxygen atoms in total. The average molecular weight is 221 g/mol. The van der Waals surface area contributed by atoms with E-state index < -0.39 is 0 Å². The third-order valence-electron chi connectivity index (χ3n) is 2.89. The molecule has 0 aliphatic carbocycles. The number of hydrogen-bond donors (Lipinski definition) is 3. The molecular formula is C12H15NO3. The van der Waals surface area contributed by atoms with Crippen LogP contribution < -0.4 is 5.32 Å². The molecule has 0 aromatic heterocycles. The molecule has 0 spiro atoms. The van der Waals surface area contributed by atoms with Crippen molar-refractivity contribution in [1.82, 2.24) is 5.32 Å². The van der Waals surface area contributed by atoms with Gasteiger partial charge in [0.15, 0.2) is 0 Å². The highest BCUT2D eigenvalue weighted by atomic mass is 16.3. The Balaban J connectivity index is 2.31. The molecule has 0 saturated carbocycles. The highest BCUT2D eigenvalue weighted by molar-refractivity contribution is 5.77. The van der Waals surface area contributed by atoms with Crippen LogP contribution in [0.15, 0.2) is 18.2 Å². The van der Waals surface area contributed by atoms with Gasteiger partial charge >= 0.3 is 0 Å². The van der Waals surface area contributed by atoms with Gasteiger partial charge < -0.3 is 15.5 Å². The quantitative estimate of drug-likeness (QED) is 0.677. The monoisotopic (exact) mass is 221 g/mol. The first-order valence-corrected chi connectivity index (χ1v) is 5.48. The zero-order valence-corrected chi connectivity index (χ0v) is 8.94. The van der Waals surface area contributed by atoms with Gasteiger partial charge in [0, 0.05) is 6.42 Å². The maximum atomic E-state index is 11.4. The third-order valence-corrected chi connectivity index (χ3v) is 2.89. The fraction of sp³-hybridized carbons (Fsp3) is 0.417. The number of aromatic hydroxyl groups is 2. The van der Waals surface area contributed by atoms with Gasteiger partial charge in [0.25, 0.3) is 0 Å². The predicted molar refractivity (Wildman–Crippen MR) is 59.1 cm³/mol. The van der Waals surface area contributed by atoms with Crippen molar-refractivity contribution in [3.05, 3.63) is 23.8 Å². The van der Waals surface area contributed by atoms with Gasteiger partial charge in [-0.1, -0.05) is 12.5 Å². The van der Waals surface area contributed by atoms with Crippen molar-refractivity contribution in [3.8, 4) is 11.5 Å². The van der Waals surface area contributed by atoms with E-state index in [0.717, 1.165) is 19.3 Å². The van der Waals surface area contributed by atoms with Crippen LogP contribution in [0.2, 0.25) is 0 Å². The summed E-state index contributed by atoms with van der Waals surface area (Å²) < 4.78 is 0. The summed E-state index contributed by atoms with van der Waals surface area (Å²) in [4.78, 5) is 11.4. The fourth-order valence-corrected chi connectivity index (χ4v) is 2.09. The van der Waals surface area contributed by atoms with Crippen molar-refractivity contribution in [1.29, 1.82) is 0 Å². The molecule has 86 valence electrons. The lowest BCUT2D eigenvalue weighted by molar-refractivity contribution is -0.121. The summed E-state index contributed by atoms with van der Waals surface area (Å²) >= 11 is 0. The largest absolute Gasteiger partial charge is 0.507 e. The smallest absolute Gasteiger partial charge is 0.220 e. The van der Waals surface area contributed by atoms with E-state index in [1.54, 1.807) is 6.07 Å². The van der Waals surface area contributed by atoms with Gasteiger partial charge in [-0.05, 0) is 25.0 Å². The summed E-state index contributed by atoms with van der Waals surface area (Å²) in [5.74, 6) is 0.0459. The van der Waals surface area contributed by atoms with Crippen LogP contribution in [0.4, 0.5) is 0 Å². The lowest BCUT2D eigenvalue weighted by atomic mass is 10.00. The van der Waals surface area contributed by atoms with E-state index in [2.05, 4.69) is 5.32 Å². The minimum absolute atomic E-state index is 0.0230. The van der Waals surface area contributed by atoms with Crippen LogP contribution in [0.25, 0.3) is 0 Å². The van der Waals surface area contributed by atoms with Crippen molar-refractivity contribution >= 4 is 5.91 Å². The van der Waals surface area contributed by atoms with E-state index in [0.29, 0.717) is 12.0 Å². The van der Waals surface area contributed by atoms with Crippen molar-refractivity contribution < 1.29 is 15.0 Å². The molecule has 1 saturated heterocycles. The summed E-state index contributed by atoms with van der Waals surface area (Å²) in [6.45, 7) is 0. The first-order valence-electron chi connectivity index (χ1n) is 5.48. The lowest BCUT2D eigenvalue weighted by Crippen LogP contribution is -2.26. The molecule has 16 heavy (non-hydrogen) atoms. The predicted octanol–water partition coefficient (Wildman–Crippen LogP) is 1.83. The van der Waals surface area contributed by atoms with Crippen molar-refractivity contribution in [3.63, 3.8) is 0 Å². The standard InChI is InChI=1S/C12H15NO3/c14-9-5-3-6-10(15)12(9)8-4-1-2-7-11(16)13-8/h3,5-6,8,14-15H,1-2,4,7H2,(H,13,16). The zero-order chi connectivity index (χ0) is 11.5. The van der Waals surface area contributed by atoms with E-state index in [-0.39, 0.29) is 23.4 Å². The first-order chi connectivity index (χ1) is 7.68. The molecule has 1 aromatic carbocycles. The molecule has 1 amide bonds. The Morgan fingerprint density at radius 1 is 1.19 bits per heavy atom. The number of phenols is 2. The highest BCUT2D eigenvalue weighted by Gasteiger charge is 2.23. The number of nitrogens with one attached hydrogen (secondary N) is 1. The molecule has 2 rings (SSSR count). The minimum Gasteiger partial charge on any atom is -0.507 e. The van der Waals surface area contributed by atoms with Crippen LogP contribution in [-0.2, 0) is 4.79 Å². The van der Waals surface area contributed by atoms with E-state index in [4.69, 9.17) is 0 Å². The van der Waals surface area contributed by atoms with Gasteiger partial charge in [-0.15, -0.1) is 0 Å². The molecule has 1 heterocycles. The second-order valence-electron chi connectivity index (χ2n) is 4.08. The second kappa shape index (κ2) is 4.43. The van der Waals surface area contributed by atoms with Gasteiger partial charge in [0.05, 0.1) is 11.6 Å². The van der Waals surface area contributed by atoms with Gasteiger partial charge in [0.2, 0.25) is 5.91 Å². The molecule has 1 fully saturated rings. The Bertz CT molecular complexity index is 383. The minimum atomic E-state index is -0.281. The maximum Gasteiger partial charge on any atom is 0.220 e. The Hall–Kier alpha value is -1.71. The topological polar surface area (TPSA) is 69.6 Å². The molecule has 1 unspecified atom stereocenters. The summed E-state index contributed by atoms with van der Waals surface area (Å²) in [5.41, 5.74) is 0.428. The van der Waals surface area contributed by atoms with Crippen LogP contribution in [0.5, 0.6) is 11.5 Å². The molecule has 1 aliphatic heterocycles. The van der Waals surface area contributed by atoms with Crippen LogP contribution in [-0.4, -0.2) is 16.1 Å². The molecule has 1 atom stereocenters. The molecule has 4 heteroatoms. The number of rotatable bonds is 1. The number of hydrogen-bond acceptors (Lipinski definition) is 3. The summed E-state index contributed by atoms with van der Waals surface area (Å²) in [7, 11) is 0. The SMILES string of the molecule is O=C1CCCCC(c2c(O)cccc2O)N1. The Morgan fingerprint density at radius 2 is 1.88 bits per heavy atom. The Labute approximate surface area is 93.9 Å². The zero-order valence-electron chi connectivity index (χ0n) is 8.94. The van der Waals surface area contributed by atoms with Crippen LogP contribution >= 0.6 is 0 Å². The lowest BCUT2D eigenvalue weighted by Gasteiger charge is -2.18. The fourth-order valence-electron chi connectivity index (χ4n) is 2.09. The van der Waals surface area contributed by atoms with E-state index >= 15 is 0 Å². The number of carbonyl (C=O) groups is 1. The highest BCUT2D eigenvalue weighted by Crippen LogP contribution is 2.35. The normalized spacial score (nSPS) is 21.2. The third kappa shape index (κ3) is 2.10. The number of carbonyl (C=O) groups excluding carboxylic acids is 1. The van der Waals surface area contributed by atoms with E-state index in [1.807, 2.05) is 0 Å². The average Bonchev–Trinajstić information content (AvgIpc) is 2.43. The van der Waals surface area contributed by atoms with Gasteiger partial charge in [-0.2, -0.15) is 0 Å². The van der Waals surface area contributed by atoms with E-state index in [1.165, 1.54) is 12.1 Å². The van der Waals surface area contributed by atoms with E-state index in [9.17, 15) is 15.0 Å². The van der Waals surface area contributed by atoms with Gasteiger partial charge in [-0.25, -0.2) is 0 Å². The van der Waals surface area contributed by atoms with Gasteiger partial charge in [0.1, 0.15) is 11.5 Å². The molecule has 0 bridgehead atoms. The van der Waals surface area contributed by atoms with Crippen molar-refractivity contribution in [2.24, 2.45) is 0 Å². The first kappa shape index (κ1) is 10.8. The molecule has 3 N–H and O–H groups in total. The summed E-state index contributed by atoms with van der Waals surface area (Å²) in [6.07, 6.45) is 3.04. The Morgan fingerprint density at radius 3 is 2.56 bits per heavy atom. The van der Waals surface area contributed by atoms with Gasteiger partial charge in [-0.3, -0.25) is 4.79 Å². The number of phenolic OH excluding ortho intramolecular Hbond substituents is 2. The summed E-state index contributed by atoms with van der Waals surface area (Å²) in [6, 6.07) is 4.33. The number of amides is 1. The van der Waals surface area contributed by atoms with Crippen molar-refractivity contribution in [2.75, 3.05) is 0 Å².